The van der Waals surface area contributed by atoms with Gasteiger partial charge in [-0.25, -0.2) is 0 Å². The molecule has 2 atom stereocenters. The Morgan fingerprint density at radius 3 is 2.50 bits per heavy atom. The molecule has 1 heterocycles. The minimum Gasteiger partial charge on any atom is -0.328 e. The van der Waals surface area contributed by atoms with Gasteiger partial charge in [0, 0.05) is 12.6 Å². The normalized spacial score (nSPS) is 33.2. The first-order valence-electron chi connectivity index (χ1n) is 4.87. The Kier molecular flexibility index (Phi) is 2.79. The summed E-state index contributed by atoms with van der Waals surface area (Å²) < 4.78 is 0. The highest BCUT2D eigenvalue weighted by molar-refractivity contribution is 4.89. The van der Waals surface area contributed by atoms with Crippen LogP contribution in [0.15, 0.2) is 0 Å². The monoisotopic (exact) mass is 170 g/mol. The topological polar surface area (TPSA) is 29.3 Å². The van der Waals surface area contributed by atoms with Crippen molar-refractivity contribution in [3.8, 4) is 0 Å². The quantitative estimate of drug-likeness (QED) is 0.643. The third kappa shape index (κ3) is 1.99. The van der Waals surface area contributed by atoms with E-state index in [-0.39, 0.29) is 0 Å². The van der Waals surface area contributed by atoms with Gasteiger partial charge in [-0.05, 0) is 38.3 Å². The van der Waals surface area contributed by atoms with E-state index in [1.54, 1.807) is 0 Å². The van der Waals surface area contributed by atoms with Crippen molar-refractivity contribution in [2.24, 2.45) is 17.1 Å². The maximum absolute atomic E-state index is 5.97. The highest BCUT2D eigenvalue weighted by atomic mass is 15.1. The van der Waals surface area contributed by atoms with E-state index in [4.69, 9.17) is 5.73 Å². The Labute approximate surface area is 76.1 Å². The molecule has 0 radical (unpaired) electrons. The number of hydrogen-bond donors (Lipinski definition) is 1. The van der Waals surface area contributed by atoms with Gasteiger partial charge in [-0.1, -0.05) is 13.8 Å². The number of piperidine rings is 1. The molecule has 0 aliphatic carbocycles. The molecule has 2 nitrogen and oxygen atoms in total. The Balaban J connectivity index is 2.64. The molecule has 0 amide bonds. The zero-order valence-corrected chi connectivity index (χ0v) is 8.80. The van der Waals surface area contributed by atoms with Crippen molar-refractivity contribution < 1.29 is 0 Å². The molecule has 0 aromatic heterocycles. The lowest BCUT2D eigenvalue weighted by Gasteiger charge is -2.44. The molecule has 1 saturated heterocycles. The fourth-order valence-corrected chi connectivity index (χ4v) is 2.62. The summed E-state index contributed by atoms with van der Waals surface area (Å²) in [6.45, 7) is 9.18. The van der Waals surface area contributed by atoms with Crippen molar-refractivity contribution in [1.82, 2.24) is 4.90 Å². The second-order valence-corrected chi connectivity index (χ2v) is 4.98. The van der Waals surface area contributed by atoms with Gasteiger partial charge in [-0.15, -0.1) is 0 Å². The number of rotatable bonds is 1. The molecule has 0 bridgehead atoms. The van der Waals surface area contributed by atoms with Crippen LogP contribution in [0.1, 0.15) is 27.2 Å². The minimum absolute atomic E-state index is 0.341. The van der Waals surface area contributed by atoms with Gasteiger partial charge in [0.25, 0.3) is 0 Å². The average Bonchev–Trinajstić information content (AvgIpc) is 1.82. The SMILES string of the molecule is CC(N)C1CCN(C)CC1(C)C. The van der Waals surface area contributed by atoms with Gasteiger partial charge in [-0.2, -0.15) is 0 Å². The summed E-state index contributed by atoms with van der Waals surface area (Å²) in [7, 11) is 2.19. The summed E-state index contributed by atoms with van der Waals surface area (Å²) in [5.74, 6) is 0.689. The summed E-state index contributed by atoms with van der Waals surface area (Å²) in [5, 5.41) is 0. The number of nitrogens with zero attached hydrogens (tertiary/aromatic N) is 1. The molecule has 1 aliphatic rings. The molecule has 0 aromatic carbocycles. The molecule has 1 aliphatic heterocycles. The van der Waals surface area contributed by atoms with Crippen LogP contribution in [0.4, 0.5) is 0 Å². The highest BCUT2D eigenvalue weighted by Gasteiger charge is 2.36. The van der Waals surface area contributed by atoms with Crippen LogP contribution in [0.3, 0.4) is 0 Å². The van der Waals surface area contributed by atoms with Crippen LogP contribution < -0.4 is 5.73 Å². The van der Waals surface area contributed by atoms with Crippen molar-refractivity contribution in [3.63, 3.8) is 0 Å². The molecule has 0 saturated carbocycles. The second-order valence-electron chi connectivity index (χ2n) is 4.98. The Hall–Kier alpha value is -0.0800. The Morgan fingerprint density at radius 1 is 1.50 bits per heavy atom. The zero-order valence-electron chi connectivity index (χ0n) is 8.80. The van der Waals surface area contributed by atoms with Gasteiger partial charge in [-0.3, -0.25) is 0 Å². The standard InChI is InChI=1S/C10H22N2/c1-8(11)9-5-6-12(4)7-10(9,2)3/h8-9H,5-7,11H2,1-4H3. The van der Waals surface area contributed by atoms with Crippen molar-refractivity contribution in [2.75, 3.05) is 20.1 Å². The third-order valence-corrected chi connectivity index (χ3v) is 3.14. The van der Waals surface area contributed by atoms with Gasteiger partial charge in [0.1, 0.15) is 0 Å². The Morgan fingerprint density at radius 2 is 2.08 bits per heavy atom. The van der Waals surface area contributed by atoms with E-state index in [9.17, 15) is 0 Å². The van der Waals surface area contributed by atoms with Crippen LogP contribution in [-0.2, 0) is 0 Å². The van der Waals surface area contributed by atoms with E-state index in [0.717, 1.165) is 0 Å². The molecule has 0 aromatic rings. The van der Waals surface area contributed by atoms with Crippen LogP contribution in [0.5, 0.6) is 0 Å². The van der Waals surface area contributed by atoms with Crippen LogP contribution >= 0.6 is 0 Å². The van der Waals surface area contributed by atoms with Crippen LogP contribution in [0, 0.1) is 11.3 Å². The van der Waals surface area contributed by atoms with E-state index >= 15 is 0 Å². The predicted molar refractivity (Wildman–Crippen MR) is 53.0 cm³/mol. The first kappa shape index (κ1) is 10.0. The summed E-state index contributed by atoms with van der Waals surface area (Å²) in [6.07, 6.45) is 1.25. The van der Waals surface area contributed by atoms with E-state index in [1.165, 1.54) is 19.5 Å². The van der Waals surface area contributed by atoms with Crippen molar-refractivity contribution in [1.29, 1.82) is 0 Å². The molecule has 2 unspecified atom stereocenters. The minimum atomic E-state index is 0.341. The Bertz CT molecular complexity index is 152. The maximum atomic E-state index is 5.97. The summed E-state index contributed by atoms with van der Waals surface area (Å²) in [4.78, 5) is 2.40. The lowest BCUT2D eigenvalue weighted by Crippen LogP contribution is -2.49. The van der Waals surface area contributed by atoms with E-state index < -0.39 is 0 Å². The first-order valence-corrected chi connectivity index (χ1v) is 4.87. The second kappa shape index (κ2) is 3.35. The van der Waals surface area contributed by atoms with Crippen LogP contribution in [-0.4, -0.2) is 31.1 Å². The van der Waals surface area contributed by atoms with E-state index in [2.05, 4.69) is 32.7 Å². The van der Waals surface area contributed by atoms with Gasteiger partial charge >= 0.3 is 0 Å². The molecule has 72 valence electrons. The summed E-state index contributed by atoms with van der Waals surface area (Å²) in [6, 6.07) is 0.341. The molecular weight excluding hydrogens is 148 g/mol. The molecule has 0 spiro atoms. The highest BCUT2D eigenvalue weighted by Crippen LogP contribution is 2.35. The number of nitrogens with two attached hydrogens (primary N) is 1. The molecule has 1 rings (SSSR count). The van der Waals surface area contributed by atoms with Gasteiger partial charge in [0.2, 0.25) is 0 Å². The average molecular weight is 170 g/mol. The van der Waals surface area contributed by atoms with Crippen LogP contribution in [0.25, 0.3) is 0 Å². The van der Waals surface area contributed by atoms with Crippen molar-refractivity contribution in [3.05, 3.63) is 0 Å². The van der Waals surface area contributed by atoms with E-state index in [1.807, 2.05) is 0 Å². The molecule has 2 heteroatoms. The summed E-state index contributed by atoms with van der Waals surface area (Å²) >= 11 is 0. The fraction of sp³-hybridized carbons (Fsp3) is 1.00. The fourth-order valence-electron chi connectivity index (χ4n) is 2.62. The summed E-state index contributed by atoms with van der Waals surface area (Å²) in [5.41, 5.74) is 6.36. The predicted octanol–water partition coefficient (Wildman–Crippen LogP) is 1.31. The number of hydrogen-bond acceptors (Lipinski definition) is 2. The van der Waals surface area contributed by atoms with Gasteiger partial charge in [0.15, 0.2) is 0 Å². The van der Waals surface area contributed by atoms with Crippen molar-refractivity contribution in [2.45, 2.75) is 33.2 Å². The van der Waals surface area contributed by atoms with Gasteiger partial charge in [0.05, 0.1) is 0 Å². The maximum Gasteiger partial charge on any atom is 0.00448 e. The molecule has 12 heavy (non-hydrogen) atoms. The third-order valence-electron chi connectivity index (χ3n) is 3.14. The first-order chi connectivity index (χ1) is 5.43. The van der Waals surface area contributed by atoms with Crippen LogP contribution in [0.2, 0.25) is 0 Å². The largest absolute Gasteiger partial charge is 0.328 e. The lowest BCUT2D eigenvalue weighted by atomic mass is 9.71. The zero-order chi connectivity index (χ0) is 9.35. The number of likely N-dealkylation sites (tertiary alicyclic amines) is 1. The molecule has 1 fully saturated rings. The smallest absolute Gasteiger partial charge is 0.00448 e. The van der Waals surface area contributed by atoms with Gasteiger partial charge < -0.3 is 10.6 Å². The van der Waals surface area contributed by atoms with E-state index in [0.29, 0.717) is 17.4 Å². The lowest BCUT2D eigenvalue weighted by molar-refractivity contribution is 0.0593. The van der Waals surface area contributed by atoms with Crippen molar-refractivity contribution >= 4 is 0 Å². The molecular formula is C10H22N2. The molecule has 2 N–H and O–H groups in total.